The van der Waals surface area contributed by atoms with E-state index in [1.807, 2.05) is 0 Å². The lowest BCUT2D eigenvalue weighted by Crippen LogP contribution is -2.54. The Morgan fingerprint density at radius 2 is 1.78 bits per heavy atom. The van der Waals surface area contributed by atoms with Crippen molar-refractivity contribution < 1.29 is 0 Å². The molecule has 1 aromatic heterocycles. The van der Waals surface area contributed by atoms with Crippen LogP contribution in [0, 0.1) is 23.7 Å². The molecule has 4 aliphatic rings. The molecular formula is C16H24N2. The molecule has 0 saturated heterocycles. The lowest BCUT2D eigenvalue weighted by molar-refractivity contribution is -0.0142. The van der Waals surface area contributed by atoms with Gasteiger partial charge in [0, 0.05) is 32.0 Å². The van der Waals surface area contributed by atoms with Crippen molar-refractivity contribution in [3.8, 4) is 0 Å². The second kappa shape index (κ2) is 4.12. The molecule has 0 radical (unpaired) electrons. The van der Waals surface area contributed by atoms with Gasteiger partial charge in [-0.2, -0.15) is 0 Å². The third-order valence-corrected chi connectivity index (χ3v) is 5.66. The zero-order chi connectivity index (χ0) is 12.1. The monoisotopic (exact) mass is 244 g/mol. The van der Waals surface area contributed by atoms with Crippen LogP contribution in [0.25, 0.3) is 0 Å². The van der Waals surface area contributed by atoms with Crippen LogP contribution in [0.3, 0.4) is 0 Å². The molecule has 98 valence electrons. The molecule has 1 aromatic rings. The minimum Gasteiger partial charge on any atom is -0.357 e. The number of nitrogens with one attached hydrogen (secondary N) is 1. The molecule has 0 unspecified atom stereocenters. The molecule has 2 heteroatoms. The smallest absolute Gasteiger partial charge is 0.0223 e. The van der Waals surface area contributed by atoms with E-state index in [4.69, 9.17) is 0 Å². The molecule has 2 nitrogen and oxygen atoms in total. The molecule has 0 atom stereocenters. The molecule has 1 N–H and O–H groups in total. The van der Waals surface area contributed by atoms with Gasteiger partial charge < -0.3 is 9.88 Å². The van der Waals surface area contributed by atoms with Crippen molar-refractivity contribution in [3.63, 3.8) is 0 Å². The van der Waals surface area contributed by atoms with Gasteiger partial charge in [0.1, 0.15) is 0 Å². The Hall–Kier alpha value is -0.760. The van der Waals surface area contributed by atoms with Crippen LogP contribution >= 0.6 is 0 Å². The molecule has 5 rings (SSSR count). The van der Waals surface area contributed by atoms with Gasteiger partial charge in [-0.25, -0.2) is 0 Å². The first-order valence-electron chi connectivity index (χ1n) is 7.62. The maximum Gasteiger partial charge on any atom is 0.0223 e. The Labute approximate surface area is 110 Å². The van der Waals surface area contributed by atoms with Crippen LogP contribution in [0.1, 0.15) is 37.7 Å². The van der Waals surface area contributed by atoms with Gasteiger partial charge in [0.25, 0.3) is 0 Å². The van der Waals surface area contributed by atoms with E-state index >= 15 is 0 Å². The first kappa shape index (κ1) is 11.1. The quantitative estimate of drug-likeness (QED) is 0.865. The summed E-state index contributed by atoms with van der Waals surface area (Å²) in [5, 5.41) is 3.88. The summed E-state index contributed by atoms with van der Waals surface area (Å²) in [7, 11) is 2.10. The average molecular weight is 244 g/mol. The van der Waals surface area contributed by atoms with E-state index in [2.05, 4.69) is 35.4 Å². The van der Waals surface area contributed by atoms with Gasteiger partial charge in [0.05, 0.1) is 0 Å². The van der Waals surface area contributed by atoms with Crippen LogP contribution in [0.5, 0.6) is 0 Å². The van der Waals surface area contributed by atoms with Crippen molar-refractivity contribution in [1.82, 2.24) is 9.88 Å². The summed E-state index contributed by atoms with van der Waals surface area (Å²) in [5.41, 5.74) is 1.44. The van der Waals surface area contributed by atoms with Gasteiger partial charge in [-0.1, -0.05) is 0 Å². The lowest BCUT2D eigenvalue weighted by Gasteiger charge is -2.54. The van der Waals surface area contributed by atoms with Gasteiger partial charge >= 0.3 is 0 Å². The summed E-state index contributed by atoms with van der Waals surface area (Å²) >= 11 is 0. The van der Waals surface area contributed by atoms with Crippen molar-refractivity contribution in [2.45, 2.75) is 44.7 Å². The SMILES string of the molecule is Cn1ccc(CNC2C3CC4CC(C3)CC2C4)c1. The van der Waals surface area contributed by atoms with Gasteiger partial charge in [-0.15, -0.1) is 0 Å². The lowest BCUT2D eigenvalue weighted by atomic mass is 9.54. The van der Waals surface area contributed by atoms with E-state index in [9.17, 15) is 0 Å². The van der Waals surface area contributed by atoms with E-state index in [0.29, 0.717) is 0 Å². The van der Waals surface area contributed by atoms with E-state index in [1.54, 1.807) is 6.42 Å². The van der Waals surface area contributed by atoms with Crippen molar-refractivity contribution >= 4 is 0 Å². The highest BCUT2D eigenvalue weighted by Crippen LogP contribution is 2.53. The van der Waals surface area contributed by atoms with E-state index in [0.717, 1.165) is 36.3 Å². The summed E-state index contributed by atoms with van der Waals surface area (Å²) < 4.78 is 2.15. The molecule has 4 saturated carbocycles. The molecule has 1 heterocycles. The van der Waals surface area contributed by atoms with Crippen molar-refractivity contribution in [1.29, 1.82) is 0 Å². The zero-order valence-electron chi connectivity index (χ0n) is 11.3. The largest absolute Gasteiger partial charge is 0.357 e. The third kappa shape index (κ3) is 1.82. The van der Waals surface area contributed by atoms with E-state index in [1.165, 1.54) is 31.2 Å². The second-order valence-corrected chi connectivity index (χ2v) is 7.02. The number of aryl methyl sites for hydroxylation is 1. The van der Waals surface area contributed by atoms with Gasteiger partial charge in [-0.05, 0) is 67.4 Å². The minimum atomic E-state index is 0.818. The van der Waals surface area contributed by atoms with Gasteiger partial charge in [0.2, 0.25) is 0 Å². The Bertz CT molecular complexity index is 406. The first-order valence-corrected chi connectivity index (χ1v) is 7.62. The van der Waals surface area contributed by atoms with E-state index in [-0.39, 0.29) is 0 Å². The summed E-state index contributed by atoms with van der Waals surface area (Å²) in [4.78, 5) is 0. The summed E-state index contributed by atoms with van der Waals surface area (Å²) in [6.45, 7) is 1.06. The highest BCUT2D eigenvalue weighted by atomic mass is 15.0. The van der Waals surface area contributed by atoms with Gasteiger partial charge in [0.15, 0.2) is 0 Å². The maximum atomic E-state index is 3.88. The van der Waals surface area contributed by atoms with E-state index < -0.39 is 0 Å². The van der Waals surface area contributed by atoms with Crippen molar-refractivity contribution in [2.24, 2.45) is 30.7 Å². The van der Waals surface area contributed by atoms with Crippen LogP contribution in [0.4, 0.5) is 0 Å². The molecular weight excluding hydrogens is 220 g/mol. The summed E-state index contributed by atoms with van der Waals surface area (Å²) in [6.07, 6.45) is 12.0. The number of hydrogen-bond donors (Lipinski definition) is 1. The Kier molecular flexibility index (Phi) is 2.54. The summed E-state index contributed by atoms with van der Waals surface area (Å²) in [5.74, 6) is 4.15. The second-order valence-electron chi connectivity index (χ2n) is 7.02. The van der Waals surface area contributed by atoms with Gasteiger partial charge in [-0.3, -0.25) is 0 Å². The Balaban J connectivity index is 1.43. The predicted molar refractivity (Wildman–Crippen MR) is 73.1 cm³/mol. The number of nitrogens with zero attached hydrogens (tertiary/aromatic N) is 1. The van der Waals surface area contributed by atoms with Crippen LogP contribution in [0.15, 0.2) is 18.5 Å². The van der Waals surface area contributed by atoms with Crippen molar-refractivity contribution in [3.05, 3.63) is 24.0 Å². The fraction of sp³-hybridized carbons (Fsp3) is 0.750. The predicted octanol–water partition coefficient (Wildman–Crippen LogP) is 2.94. The standard InChI is InChI=1S/C16H24N2/c1-18-3-2-11(10-18)9-17-16-14-5-12-4-13(7-14)8-15(16)6-12/h2-3,10,12-17H,4-9H2,1H3. The van der Waals surface area contributed by atoms with Crippen LogP contribution < -0.4 is 5.32 Å². The average Bonchev–Trinajstić information content (AvgIpc) is 2.73. The molecule has 0 amide bonds. The highest BCUT2D eigenvalue weighted by Gasteiger charge is 2.47. The molecule has 18 heavy (non-hydrogen) atoms. The first-order chi connectivity index (χ1) is 8.78. The molecule has 0 spiro atoms. The maximum absolute atomic E-state index is 3.88. The number of hydrogen-bond acceptors (Lipinski definition) is 1. The summed E-state index contributed by atoms with van der Waals surface area (Å²) in [6, 6.07) is 3.06. The molecule has 0 aliphatic heterocycles. The fourth-order valence-electron chi connectivity index (χ4n) is 5.16. The normalized spacial score (nSPS) is 41.5. The third-order valence-electron chi connectivity index (χ3n) is 5.66. The molecule has 0 aromatic carbocycles. The van der Waals surface area contributed by atoms with Crippen molar-refractivity contribution in [2.75, 3.05) is 0 Å². The number of aromatic nitrogens is 1. The topological polar surface area (TPSA) is 17.0 Å². The minimum absolute atomic E-state index is 0.818. The Morgan fingerprint density at radius 3 is 2.33 bits per heavy atom. The zero-order valence-corrected chi connectivity index (χ0v) is 11.3. The Morgan fingerprint density at radius 1 is 1.11 bits per heavy atom. The van der Waals surface area contributed by atoms with Crippen LogP contribution in [-0.4, -0.2) is 10.6 Å². The molecule has 4 fully saturated rings. The molecule has 4 aliphatic carbocycles. The fourth-order valence-corrected chi connectivity index (χ4v) is 5.16. The highest BCUT2D eigenvalue weighted by molar-refractivity contribution is 5.10. The number of rotatable bonds is 3. The van der Waals surface area contributed by atoms with Crippen LogP contribution in [-0.2, 0) is 13.6 Å². The van der Waals surface area contributed by atoms with Crippen LogP contribution in [0.2, 0.25) is 0 Å². The molecule has 4 bridgehead atoms.